The molecule has 1 heterocycles. The van der Waals surface area contributed by atoms with Gasteiger partial charge in [0.1, 0.15) is 0 Å². The lowest BCUT2D eigenvalue weighted by Crippen LogP contribution is -2.26. The Bertz CT molecular complexity index is 565. The molecular weight excluding hydrogens is 289 g/mol. The fourth-order valence-electron chi connectivity index (χ4n) is 2.13. The second-order valence-corrected chi connectivity index (χ2v) is 5.38. The van der Waals surface area contributed by atoms with Gasteiger partial charge in [-0.25, -0.2) is 0 Å². The standard InChI is InChI=1S/C17H19F3N2/c1-13(4-5-14-3-2-10-21-11-14)22-12-15-6-8-16(9-7-15)17(18,19)20/h2-3,6-11,13,22H,4-5,12H2,1H3. The van der Waals surface area contributed by atoms with E-state index in [9.17, 15) is 13.2 Å². The molecule has 2 nitrogen and oxygen atoms in total. The molecule has 0 saturated heterocycles. The number of rotatable bonds is 6. The van der Waals surface area contributed by atoms with Gasteiger partial charge in [-0.1, -0.05) is 18.2 Å². The quantitative estimate of drug-likeness (QED) is 0.864. The lowest BCUT2D eigenvalue weighted by molar-refractivity contribution is -0.137. The van der Waals surface area contributed by atoms with Crippen LogP contribution in [0.1, 0.15) is 30.0 Å². The minimum Gasteiger partial charge on any atom is -0.310 e. The van der Waals surface area contributed by atoms with Crippen LogP contribution in [0.25, 0.3) is 0 Å². The number of aryl methyl sites for hydroxylation is 1. The second kappa shape index (κ2) is 7.40. The molecule has 22 heavy (non-hydrogen) atoms. The summed E-state index contributed by atoms with van der Waals surface area (Å²) in [7, 11) is 0. The first-order valence-corrected chi connectivity index (χ1v) is 7.23. The number of halogens is 3. The number of benzene rings is 1. The summed E-state index contributed by atoms with van der Waals surface area (Å²) in [5.74, 6) is 0. The van der Waals surface area contributed by atoms with Gasteiger partial charge >= 0.3 is 6.18 Å². The highest BCUT2D eigenvalue weighted by Gasteiger charge is 2.29. The van der Waals surface area contributed by atoms with E-state index in [-0.39, 0.29) is 6.04 Å². The van der Waals surface area contributed by atoms with Gasteiger partial charge < -0.3 is 5.32 Å². The highest BCUT2D eigenvalue weighted by molar-refractivity contribution is 5.24. The summed E-state index contributed by atoms with van der Waals surface area (Å²) >= 11 is 0. The minimum atomic E-state index is -4.27. The molecule has 1 aromatic heterocycles. The highest BCUT2D eigenvalue weighted by Crippen LogP contribution is 2.29. The molecule has 0 radical (unpaired) electrons. The number of nitrogens with zero attached hydrogens (tertiary/aromatic N) is 1. The average Bonchev–Trinajstić information content (AvgIpc) is 2.51. The van der Waals surface area contributed by atoms with E-state index in [2.05, 4.69) is 17.2 Å². The summed E-state index contributed by atoms with van der Waals surface area (Å²) in [6.45, 7) is 2.63. The van der Waals surface area contributed by atoms with Crippen LogP contribution in [0.5, 0.6) is 0 Å². The van der Waals surface area contributed by atoms with Crippen molar-refractivity contribution in [1.29, 1.82) is 0 Å². The van der Waals surface area contributed by atoms with Crippen molar-refractivity contribution >= 4 is 0 Å². The number of hydrogen-bond donors (Lipinski definition) is 1. The van der Waals surface area contributed by atoms with Crippen LogP contribution in [0, 0.1) is 0 Å². The molecule has 0 fully saturated rings. The van der Waals surface area contributed by atoms with Crippen molar-refractivity contribution < 1.29 is 13.2 Å². The molecule has 0 saturated carbocycles. The van der Waals surface area contributed by atoms with Crippen LogP contribution in [0.2, 0.25) is 0 Å². The van der Waals surface area contributed by atoms with Gasteiger partial charge in [0.25, 0.3) is 0 Å². The third-order valence-corrected chi connectivity index (χ3v) is 3.52. The summed E-state index contributed by atoms with van der Waals surface area (Å²) in [6.07, 6.45) is 1.20. The van der Waals surface area contributed by atoms with Crippen LogP contribution in [-0.4, -0.2) is 11.0 Å². The van der Waals surface area contributed by atoms with Gasteiger partial charge in [0.15, 0.2) is 0 Å². The molecule has 1 unspecified atom stereocenters. The number of aromatic nitrogens is 1. The van der Waals surface area contributed by atoms with Crippen LogP contribution >= 0.6 is 0 Å². The lowest BCUT2D eigenvalue weighted by atomic mass is 10.1. The number of alkyl halides is 3. The molecule has 0 aliphatic rings. The molecule has 2 aromatic rings. The van der Waals surface area contributed by atoms with Gasteiger partial charge in [-0.05, 0) is 49.1 Å². The van der Waals surface area contributed by atoms with Crippen molar-refractivity contribution in [3.8, 4) is 0 Å². The van der Waals surface area contributed by atoms with E-state index in [1.165, 1.54) is 17.7 Å². The molecule has 1 atom stereocenters. The van der Waals surface area contributed by atoms with E-state index >= 15 is 0 Å². The van der Waals surface area contributed by atoms with Gasteiger partial charge in [0, 0.05) is 25.0 Å². The average molecular weight is 308 g/mol. The zero-order valence-electron chi connectivity index (χ0n) is 12.4. The van der Waals surface area contributed by atoms with E-state index < -0.39 is 11.7 Å². The first-order chi connectivity index (χ1) is 10.4. The molecule has 1 aromatic carbocycles. The molecule has 2 rings (SSSR count). The Morgan fingerprint density at radius 2 is 1.82 bits per heavy atom. The first kappa shape index (κ1) is 16.5. The van der Waals surface area contributed by atoms with E-state index in [4.69, 9.17) is 0 Å². The maximum atomic E-state index is 12.5. The minimum absolute atomic E-state index is 0.280. The fourth-order valence-corrected chi connectivity index (χ4v) is 2.13. The summed E-state index contributed by atoms with van der Waals surface area (Å²) in [6, 6.07) is 9.51. The molecule has 0 amide bonds. The maximum Gasteiger partial charge on any atom is 0.416 e. The summed E-state index contributed by atoms with van der Waals surface area (Å²) in [5, 5.41) is 3.33. The first-order valence-electron chi connectivity index (χ1n) is 7.23. The summed E-state index contributed by atoms with van der Waals surface area (Å²) in [5.41, 5.74) is 1.42. The number of pyridine rings is 1. The van der Waals surface area contributed by atoms with Crippen LogP contribution in [0.3, 0.4) is 0 Å². The monoisotopic (exact) mass is 308 g/mol. The van der Waals surface area contributed by atoms with Gasteiger partial charge in [0.05, 0.1) is 5.56 Å². The van der Waals surface area contributed by atoms with E-state index in [0.717, 1.165) is 30.5 Å². The lowest BCUT2D eigenvalue weighted by Gasteiger charge is -2.14. The molecule has 0 aliphatic heterocycles. The summed E-state index contributed by atoms with van der Waals surface area (Å²) in [4.78, 5) is 4.07. The van der Waals surface area contributed by atoms with E-state index in [1.54, 1.807) is 6.20 Å². The Labute approximate surface area is 128 Å². The molecular formula is C17H19F3N2. The fraction of sp³-hybridized carbons (Fsp3) is 0.353. The zero-order valence-corrected chi connectivity index (χ0v) is 12.4. The largest absolute Gasteiger partial charge is 0.416 e. The van der Waals surface area contributed by atoms with Crippen LogP contribution in [0.4, 0.5) is 13.2 Å². The topological polar surface area (TPSA) is 24.9 Å². The molecule has 5 heteroatoms. The Morgan fingerprint density at radius 3 is 2.41 bits per heavy atom. The third-order valence-electron chi connectivity index (χ3n) is 3.52. The Hall–Kier alpha value is -1.88. The van der Waals surface area contributed by atoms with E-state index in [1.807, 2.05) is 18.3 Å². The summed E-state index contributed by atoms with van der Waals surface area (Å²) < 4.78 is 37.4. The molecule has 0 aliphatic carbocycles. The van der Waals surface area contributed by atoms with Crippen molar-refractivity contribution in [1.82, 2.24) is 10.3 Å². The molecule has 0 spiro atoms. The predicted molar refractivity (Wildman–Crippen MR) is 80.3 cm³/mol. The normalized spacial score (nSPS) is 13.1. The number of nitrogens with one attached hydrogen (secondary N) is 1. The highest BCUT2D eigenvalue weighted by atomic mass is 19.4. The number of hydrogen-bond acceptors (Lipinski definition) is 2. The van der Waals surface area contributed by atoms with Crippen molar-refractivity contribution in [3.63, 3.8) is 0 Å². The van der Waals surface area contributed by atoms with Crippen LogP contribution in [0.15, 0.2) is 48.8 Å². The van der Waals surface area contributed by atoms with Gasteiger partial charge in [-0.2, -0.15) is 13.2 Å². The van der Waals surface area contributed by atoms with Crippen molar-refractivity contribution in [2.24, 2.45) is 0 Å². The van der Waals surface area contributed by atoms with Gasteiger partial charge in [-0.3, -0.25) is 4.98 Å². The zero-order chi connectivity index (χ0) is 16.0. The van der Waals surface area contributed by atoms with Crippen molar-refractivity contribution in [3.05, 3.63) is 65.5 Å². The predicted octanol–water partition coefficient (Wildman–Crippen LogP) is 4.21. The van der Waals surface area contributed by atoms with E-state index in [0.29, 0.717) is 6.54 Å². The van der Waals surface area contributed by atoms with Gasteiger partial charge in [-0.15, -0.1) is 0 Å². The SMILES string of the molecule is CC(CCc1cccnc1)NCc1ccc(C(F)(F)F)cc1. The van der Waals surface area contributed by atoms with Crippen molar-refractivity contribution in [2.75, 3.05) is 0 Å². The van der Waals surface area contributed by atoms with Crippen LogP contribution in [-0.2, 0) is 19.1 Å². The Balaban J connectivity index is 1.77. The van der Waals surface area contributed by atoms with Crippen molar-refractivity contribution in [2.45, 2.75) is 38.5 Å². The second-order valence-electron chi connectivity index (χ2n) is 5.38. The van der Waals surface area contributed by atoms with Gasteiger partial charge in [0.2, 0.25) is 0 Å². The maximum absolute atomic E-state index is 12.5. The molecule has 118 valence electrons. The smallest absolute Gasteiger partial charge is 0.310 e. The third kappa shape index (κ3) is 5.15. The Morgan fingerprint density at radius 1 is 1.09 bits per heavy atom. The molecule has 1 N–H and O–H groups in total. The Kier molecular flexibility index (Phi) is 5.55. The molecule has 0 bridgehead atoms. The van der Waals surface area contributed by atoms with Crippen LogP contribution < -0.4 is 5.32 Å².